The second-order valence-corrected chi connectivity index (χ2v) is 7.58. The first-order valence-corrected chi connectivity index (χ1v) is 9.38. The number of carbonyl (C=O) groups is 2. The van der Waals surface area contributed by atoms with E-state index in [4.69, 9.17) is 4.55 Å². The average molecular weight is 346 g/mol. The predicted octanol–water partition coefficient (Wildman–Crippen LogP) is -0.684. The van der Waals surface area contributed by atoms with Crippen molar-refractivity contribution < 1.29 is 22.6 Å². The summed E-state index contributed by atoms with van der Waals surface area (Å²) in [5, 5.41) is 6.27. The highest BCUT2D eigenvalue weighted by Gasteiger charge is 2.60. The van der Waals surface area contributed by atoms with Crippen LogP contribution in [0.2, 0.25) is 0 Å². The summed E-state index contributed by atoms with van der Waals surface area (Å²) < 4.78 is 31.9. The van der Waals surface area contributed by atoms with Crippen LogP contribution in [0.4, 0.5) is 4.79 Å². The maximum absolute atomic E-state index is 12.4. The molecule has 3 amide bonds. The first kappa shape index (κ1) is 16.5. The van der Waals surface area contributed by atoms with Crippen LogP contribution in [0.5, 0.6) is 0 Å². The minimum Gasteiger partial charge on any atom is -0.335 e. The van der Waals surface area contributed by atoms with E-state index >= 15 is 0 Å². The standard InChI is InChI=1S/C13H22N4O5S/c18-12-11-10(17(12)23(20,21)22)5-8-16(11)13(19)15-9-3-1-6-14-7-2-4-9/h9-11,14H,1-8H2,(H,15,19)(H,20,21,22)/t10-,11+/m1/s1. The number of hydrogen-bond acceptors (Lipinski definition) is 5. The Kier molecular flexibility index (Phi) is 4.47. The molecule has 0 aromatic heterocycles. The number of nitrogens with zero attached hydrogens (tertiary/aromatic N) is 2. The van der Waals surface area contributed by atoms with Crippen molar-refractivity contribution in [3.63, 3.8) is 0 Å². The van der Waals surface area contributed by atoms with E-state index in [1.54, 1.807) is 0 Å². The van der Waals surface area contributed by atoms with Crippen LogP contribution in [-0.4, -0.2) is 71.9 Å². The largest absolute Gasteiger partial charge is 0.362 e. The Balaban J connectivity index is 1.60. The molecular formula is C13H22N4O5S. The highest BCUT2D eigenvalue weighted by Crippen LogP contribution is 2.35. The maximum Gasteiger partial charge on any atom is 0.362 e. The highest BCUT2D eigenvalue weighted by atomic mass is 32.2. The second kappa shape index (κ2) is 6.25. The van der Waals surface area contributed by atoms with Gasteiger partial charge in [-0.1, -0.05) is 0 Å². The van der Waals surface area contributed by atoms with E-state index in [0.29, 0.717) is 17.3 Å². The summed E-state index contributed by atoms with van der Waals surface area (Å²) >= 11 is 0. The average Bonchev–Trinajstić information content (AvgIpc) is 2.78. The molecule has 3 saturated heterocycles. The minimum atomic E-state index is -4.54. The topological polar surface area (TPSA) is 119 Å². The Hall–Kier alpha value is -1.39. The molecule has 9 nitrogen and oxygen atoms in total. The highest BCUT2D eigenvalue weighted by molar-refractivity contribution is 7.84. The summed E-state index contributed by atoms with van der Waals surface area (Å²) in [6, 6.07) is -1.65. The number of fused-ring (bicyclic) bond motifs is 1. The number of likely N-dealkylation sites (tertiary alicyclic amines) is 1. The zero-order valence-electron chi connectivity index (χ0n) is 12.8. The van der Waals surface area contributed by atoms with Gasteiger partial charge in [0.25, 0.3) is 5.91 Å². The third kappa shape index (κ3) is 3.15. The van der Waals surface area contributed by atoms with Gasteiger partial charge < -0.3 is 15.5 Å². The number of urea groups is 1. The van der Waals surface area contributed by atoms with Gasteiger partial charge in [0.1, 0.15) is 6.04 Å². The van der Waals surface area contributed by atoms with Crippen LogP contribution in [0.15, 0.2) is 0 Å². The minimum absolute atomic E-state index is 0.0801. The number of hydrogen-bond donors (Lipinski definition) is 3. The predicted molar refractivity (Wildman–Crippen MR) is 81.0 cm³/mol. The Morgan fingerprint density at radius 1 is 1.22 bits per heavy atom. The van der Waals surface area contributed by atoms with Crippen molar-refractivity contribution in [2.45, 2.75) is 50.2 Å². The molecule has 23 heavy (non-hydrogen) atoms. The normalized spacial score (nSPS) is 29.5. The van der Waals surface area contributed by atoms with Gasteiger partial charge in [-0.25, -0.2) is 9.10 Å². The van der Waals surface area contributed by atoms with Crippen molar-refractivity contribution in [2.75, 3.05) is 19.6 Å². The molecule has 10 heteroatoms. The van der Waals surface area contributed by atoms with Gasteiger partial charge in [0, 0.05) is 12.6 Å². The number of rotatable bonds is 2. The van der Waals surface area contributed by atoms with Crippen molar-refractivity contribution in [2.24, 2.45) is 0 Å². The lowest BCUT2D eigenvalue weighted by Gasteiger charge is -2.42. The lowest BCUT2D eigenvalue weighted by molar-refractivity contribution is -0.143. The number of amides is 3. The smallest absolute Gasteiger partial charge is 0.335 e. The molecule has 3 N–H and O–H groups in total. The molecule has 0 aliphatic carbocycles. The van der Waals surface area contributed by atoms with Crippen LogP contribution in [0.3, 0.4) is 0 Å². The molecule has 3 aliphatic rings. The Bertz CT molecular complexity index is 587. The first-order chi connectivity index (χ1) is 10.9. The molecule has 2 atom stereocenters. The fourth-order valence-electron chi connectivity index (χ4n) is 3.66. The summed E-state index contributed by atoms with van der Waals surface area (Å²) in [5.41, 5.74) is 0. The molecule has 0 aromatic carbocycles. The van der Waals surface area contributed by atoms with Gasteiger partial charge >= 0.3 is 16.3 Å². The Morgan fingerprint density at radius 2 is 1.87 bits per heavy atom. The van der Waals surface area contributed by atoms with Crippen molar-refractivity contribution >= 4 is 22.2 Å². The third-order valence-electron chi connectivity index (χ3n) is 4.79. The van der Waals surface area contributed by atoms with Gasteiger partial charge in [0.15, 0.2) is 0 Å². The van der Waals surface area contributed by atoms with Crippen molar-refractivity contribution in [1.29, 1.82) is 0 Å². The quantitative estimate of drug-likeness (QED) is 0.450. The van der Waals surface area contributed by atoms with E-state index in [1.807, 2.05) is 0 Å². The molecule has 0 unspecified atom stereocenters. The maximum atomic E-state index is 12.4. The van der Waals surface area contributed by atoms with Crippen molar-refractivity contribution in [3.8, 4) is 0 Å². The number of carbonyl (C=O) groups excluding carboxylic acids is 2. The van der Waals surface area contributed by atoms with Gasteiger partial charge in [-0.05, 0) is 45.2 Å². The monoisotopic (exact) mass is 346 g/mol. The second-order valence-electron chi connectivity index (χ2n) is 6.29. The molecule has 0 bridgehead atoms. The van der Waals surface area contributed by atoms with Crippen LogP contribution >= 0.6 is 0 Å². The van der Waals surface area contributed by atoms with Gasteiger partial charge in [0.2, 0.25) is 0 Å². The third-order valence-corrected chi connectivity index (χ3v) is 5.73. The van der Waals surface area contributed by atoms with Crippen molar-refractivity contribution in [1.82, 2.24) is 19.8 Å². The van der Waals surface area contributed by atoms with E-state index in [2.05, 4.69) is 10.6 Å². The van der Waals surface area contributed by atoms with E-state index in [0.717, 1.165) is 38.8 Å². The molecule has 3 aliphatic heterocycles. The lowest BCUT2D eigenvalue weighted by atomic mass is 10.0. The molecule has 3 rings (SSSR count). The van der Waals surface area contributed by atoms with Crippen LogP contribution < -0.4 is 10.6 Å². The van der Waals surface area contributed by atoms with Gasteiger partial charge in [0.05, 0.1) is 6.04 Å². The fourth-order valence-corrected chi connectivity index (χ4v) is 4.56. The zero-order valence-corrected chi connectivity index (χ0v) is 13.6. The number of nitrogens with one attached hydrogen (secondary N) is 2. The molecule has 3 heterocycles. The summed E-state index contributed by atoms with van der Waals surface area (Å²) in [5.74, 6) is -0.730. The molecule has 0 aromatic rings. The Morgan fingerprint density at radius 3 is 2.48 bits per heavy atom. The molecule has 130 valence electrons. The summed E-state index contributed by atoms with van der Waals surface area (Å²) in [7, 11) is -4.54. The Labute approximate surface area is 135 Å². The van der Waals surface area contributed by atoms with Crippen LogP contribution in [-0.2, 0) is 15.1 Å². The van der Waals surface area contributed by atoms with Crippen LogP contribution in [0, 0.1) is 0 Å². The van der Waals surface area contributed by atoms with Crippen molar-refractivity contribution in [3.05, 3.63) is 0 Å². The summed E-state index contributed by atoms with van der Waals surface area (Å²) in [4.78, 5) is 25.8. The number of β-lactam (4-membered cyclic amide) rings is 1. The molecule has 0 saturated carbocycles. The molecule has 3 fully saturated rings. The molecule has 0 radical (unpaired) electrons. The summed E-state index contributed by atoms with van der Waals surface area (Å²) in [6.45, 7) is 2.18. The fraction of sp³-hybridized carbons (Fsp3) is 0.846. The SMILES string of the molecule is O=C(NC1CCCNCCC1)N1CC[C@@H]2[C@H]1C(=O)N2S(=O)(=O)O. The molecule has 0 spiro atoms. The van der Waals surface area contributed by atoms with E-state index in [1.165, 1.54) is 4.90 Å². The lowest BCUT2D eigenvalue weighted by Crippen LogP contribution is -2.69. The van der Waals surface area contributed by atoms with E-state index in [9.17, 15) is 18.0 Å². The zero-order chi connectivity index (χ0) is 16.6. The van der Waals surface area contributed by atoms with Gasteiger partial charge in [-0.3, -0.25) is 9.35 Å². The first-order valence-electron chi connectivity index (χ1n) is 7.98. The van der Waals surface area contributed by atoms with Gasteiger partial charge in [-0.15, -0.1) is 0 Å². The van der Waals surface area contributed by atoms with Crippen LogP contribution in [0.1, 0.15) is 32.1 Å². The van der Waals surface area contributed by atoms with Crippen LogP contribution in [0.25, 0.3) is 0 Å². The van der Waals surface area contributed by atoms with E-state index in [-0.39, 0.29) is 12.1 Å². The van der Waals surface area contributed by atoms with Gasteiger partial charge in [-0.2, -0.15) is 8.42 Å². The molecular weight excluding hydrogens is 324 g/mol. The summed E-state index contributed by atoms with van der Waals surface area (Å²) in [6.07, 6.45) is 4.08. The van der Waals surface area contributed by atoms with E-state index < -0.39 is 28.3 Å².